The number of carbonyl (C=O) groups is 2. The lowest BCUT2D eigenvalue weighted by Crippen LogP contribution is -2.11. The Morgan fingerprint density at radius 2 is 1.76 bits per heavy atom. The third-order valence-electron chi connectivity index (χ3n) is 4.12. The largest absolute Gasteiger partial charge is 0.326 e. The van der Waals surface area contributed by atoms with Crippen molar-refractivity contribution in [2.75, 3.05) is 10.6 Å². The van der Waals surface area contributed by atoms with E-state index in [1.807, 2.05) is 54.0 Å². The summed E-state index contributed by atoms with van der Waals surface area (Å²) in [5, 5.41) is 12.1. The Bertz CT molecular complexity index is 1130. The van der Waals surface area contributed by atoms with Crippen molar-refractivity contribution in [3.05, 3.63) is 77.9 Å². The molecule has 0 radical (unpaired) electrons. The van der Waals surface area contributed by atoms with Gasteiger partial charge in [-0.1, -0.05) is 12.1 Å². The van der Waals surface area contributed by atoms with Crippen LogP contribution in [0, 0.1) is 0 Å². The maximum Gasteiger partial charge on any atom is 0.257 e. The van der Waals surface area contributed by atoms with Gasteiger partial charge in [0.2, 0.25) is 5.91 Å². The lowest BCUT2D eigenvalue weighted by atomic mass is 10.1. The van der Waals surface area contributed by atoms with Gasteiger partial charge in [0.25, 0.3) is 5.91 Å². The summed E-state index contributed by atoms with van der Waals surface area (Å²) in [4.78, 5) is 28.1. The smallest absolute Gasteiger partial charge is 0.257 e. The van der Waals surface area contributed by atoms with Crippen molar-refractivity contribution in [2.24, 2.45) is 0 Å². The van der Waals surface area contributed by atoms with E-state index in [-0.39, 0.29) is 11.8 Å². The third kappa shape index (κ3) is 4.39. The van der Waals surface area contributed by atoms with Crippen LogP contribution in [0.3, 0.4) is 0 Å². The first kappa shape index (κ1) is 18.6. The second-order valence-corrected chi connectivity index (χ2v) is 7.11. The highest BCUT2D eigenvalue weighted by Crippen LogP contribution is 2.26. The Hall–Kier alpha value is -3.78. The van der Waals surface area contributed by atoms with E-state index < -0.39 is 0 Å². The van der Waals surface area contributed by atoms with Gasteiger partial charge >= 0.3 is 0 Å². The maximum atomic E-state index is 12.5. The topological polar surface area (TPSA) is 88.9 Å². The normalized spacial score (nSPS) is 10.5. The minimum absolute atomic E-state index is 0.117. The molecule has 0 bridgehead atoms. The molecule has 2 aromatic carbocycles. The van der Waals surface area contributed by atoms with Crippen LogP contribution in [-0.4, -0.2) is 26.6 Å². The van der Waals surface area contributed by atoms with E-state index in [2.05, 4.69) is 20.7 Å². The molecule has 0 atom stereocenters. The molecule has 0 unspecified atom stereocenters. The second kappa shape index (κ2) is 8.07. The summed E-state index contributed by atoms with van der Waals surface area (Å²) in [5.41, 5.74) is 3.81. The Morgan fingerprint density at radius 3 is 2.41 bits per heavy atom. The van der Waals surface area contributed by atoms with Gasteiger partial charge in [0.1, 0.15) is 0 Å². The van der Waals surface area contributed by atoms with E-state index in [0.717, 1.165) is 22.6 Å². The van der Waals surface area contributed by atoms with E-state index >= 15 is 0 Å². The summed E-state index contributed by atoms with van der Waals surface area (Å²) >= 11 is 1.36. The van der Waals surface area contributed by atoms with Crippen LogP contribution in [-0.2, 0) is 4.79 Å². The monoisotopic (exact) mass is 403 g/mol. The van der Waals surface area contributed by atoms with Crippen LogP contribution >= 0.6 is 11.3 Å². The standard InChI is InChI=1S/C21H17N5O2S/c1-14(27)23-17-7-3-15(4-8-17)19-13-29-21(24-19)25-20(28)16-5-9-18(10-6-16)26-12-2-11-22-26/h2-13H,1H3,(H,23,27)(H,24,25,28). The second-order valence-electron chi connectivity index (χ2n) is 6.25. The summed E-state index contributed by atoms with van der Waals surface area (Å²) in [6.07, 6.45) is 3.54. The summed E-state index contributed by atoms with van der Waals surface area (Å²) in [6, 6.07) is 16.4. The average Bonchev–Trinajstić information content (AvgIpc) is 3.40. The quantitative estimate of drug-likeness (QED) is 0.522. The van der Waals surface area contributed by atoms with Gasteiger partial charge in [0.15, 0.2) is 5.13 Å². The number of benzene rings is 2. The van der Waals surface area contributed by atoms with E-state index in [1.165, 1.54) is 18.3 Å². The molecule has 2 amide bonds. The number of carbonyl (C=O) groups excluding carboxylic acids is 2. The van der Waals surface area contributed by atoms with Crippen molar-refractivity contribution in [3.63, 3.8) is 0 Å². The van der Waals surface area contributed by atoms with Crippen molar-refractivity contribution >= 4 is 34.0 Å². The first-order chi connectivity index (χ1) is 14.1. The van der Waals surface area contributed by atoms with Crippen LogP contribution in [0.2, 0.25) is 0 Å². The molecule has 0 saturated heterocycles. The minimum atomic E-state index is -0.223. The van der Waals surface area contributed by atoms with Gasteiger partial charge in [-0.25, -0.2) is 9.67 Å². The van der Waals surface area contributed by atoms with Gasteiger partial charge in [0, 0.05) is 41.5 Å². The molecule has 8 heteroatoms. The maximum absolute atomic E-state index is 12.5. The number of anilines is 2. The van der Waals surface area contributed by atoms with Gasteiger partial charge in [-0.15, -0.1) is 11.3 Å². The lowest BCUT2D eigenvalue weighted by molar-refractivity contribution is -0.114. The van der Waals surface area contributed by atoms with Gasteiger partial charge in [0.05, 0.1) is 11.4 Å². The number of aromatic nitrogens is 3. The molecule has 2 aromatic heterocycles. The average molecular weight is 403 g/mol. The zero-order valence-electron chi connectivity index (χ0n) is 15.5. The number of amides is 2. The highest BCUT2D eigenvalue weighted by Gasteiger charge is 2.11. The molecule has 0 aliphatic carbocycles. The highest BCUT2D eigenvalue weighted by molar-refractivity contribution is 7.14. The predicted molar refractivity (Wildman–Crippen MR) is 113 cm³/mol. The molecule has 0 fully saturated rings. The summed E-state index contributed by atoms with van der Waals surface area (Å²) in [5.74, 6) is -0.340. The van der Waals surface area contributed by atoms with Crippen molar-refractivity contribution in [2.45, 2.75) is 6.92 Å². The molecule has 4 rings (SSSR count). The molecule has 2 heterocycles. The summed E-state index contributed by atoms with van der Waals surface area (Å²) < 4.78 is 1.73. The van der Waals surface area contributed by atoms with Crippen molar-refractivity contribution in [1.82, 2.24) is 14.8 Å². The van der Waals surface area contributed by atoms with Gasteiger partial charge in [-0.05, 0) is 42.5 Å². The third-order valence-corrected chi connectivity index (χ3v) is 4.88. The van der Waals surface area contributed by atoms with Crippen LogP contribution in [0.15, 0.2) is 72.4 Å². The number of rotatable bonds is 5. The first-order valence-electron chi connectivity index (χ1n) is 8.83. The fourth-order valence-corrected chi connectivity index (χ4v) is 3.46. The van der Waals surface area contributed by atoms with Crippen molar-refractivity contribution in [3.8, 4) is 16.9 Å². The molecule has 7 nitrogen and oxygen atoms in total. The molecule has 2 N–H and O–H groups in total. The van der Waals surface area contributed by atoms with Crippen LogP contribution < -0.4 is 10.6 Å². The summed E-state index contributed by atoms with van der Waals surface area (Å²) in [7, 11) is 0. The molecule has 144 valence electrons. The van der Waals surface area contributed by atoms with E-state index in [0.29, 0.717) is 10.7 Å². The molecule has 4 aromatic rings. The fourth-order valence-electron chi connectivity index (χ4n) is 2.75. The van der Waals surface area contributed by atoms with Crippen LogP contribution in [0.5, 0.6) is 0 Å². The Kier molecular flexibility index (Phi) is 5.17. The highest BCUT2D eigenvalue weighted by atomic mass is 32.1. The number of hydrogen-bond donors (Lipinski definition) is 2. The molecule has 0 aliphatic heterocycles. The fraction of sp³-hybridized carbons (Fsp3) is 0.0476. The first-order valence-corrected chi connectivity index (χ1v) is 9.71. The number of nitrogens with one attached hydrogen (secondary N) is 2. The molecular weight excluding hydrogens is 386 g/mol. The molecule has 0 spiro atoms. The number of hydrogen-bond acceptors (Lipinski definition) is 5. The van der Waals surface area contributed by atoms with E-state index in [4.69, 9.17) is 0 Å². The molecule has 0 saturated carbocycles. The molecule has 0 aliphatic rings. The van der Waals surface area contributed by atoms with Crippen molar-refractivity contribution < 1.29 is 9.59 Å². The summed E-state index contributed by atoms with van der Waals surface area (Å²) in [6.45, 7) is 1.47. The Balaban J connectivity index is 1.43. The molecule has 29 heavy (non-hydrogen) atoms. The van der Waals surface area contributed by atoms with Gasteiger partial charge < -0.3 is 5.32 Å². The number of thiazole rings is 1. The molecular formula is C21H17N5O2S. The van der Waals surface area contributed by atoms with Gasteiger partial charge in [-0.3, -0.25) is 14.9 Å². The SMILES string of the molecule is CC(=O)Nc1ccc(-c2csc(NC(=O)c3ccc(-n4cccn4)cc3)n2)cc1. The Morgan fingerprint density at radius 1 is 1.00 bits per heavy atom. The van der Waals surface area contributed by atoms with Crippen LogP contribution in [0.25, 0.3) is 16.9 Å². The zero-order chi connectivity index (χ0) is 20.2. The van der Waals surface area contributed by atoms with E-state index in [1.54, 1.807) is 23.0 Å². The predicted octanol–water partition coefficient (Wildman–Crippen LogP) is 4.21. The number of nitrogens with zero attached hydrogens (tertiary/aromatic N) is 3. The zero-order valence-corrected chi connectivity index (χ0v) is 16.3. The minimum Gasteiger partial charge on any atom is -0.326 e. The van der Waals surface area contributed by atoms with Crippen LogP contribution in [0.4, 0.5) is 10.8 Å². The van der Waals surface area contributed by atoms with Crippen molar-refractivity contribution in [1.29, 1.82) is 0 Å². The lowest BCUT2D eigenvalue weighted by Gasteiger charge is -2.04. The van der Waals surface area contributed by atoms with Crippen LogP contribution in [0.1, 0.15) is 17.3 Å². The van der Waals surface area contributed by atoms with Gasteiger partial charge in [-0.2, -0.15) is 5.10 Å². The van der Waals surface area contributed by atoms with E-state index in [9.17, 15) is 9.59 Å². The Labute approximate surface area is 171 Å².